The lowest BCUT2D eigenvalue weighted by atomic mass is 9.84. The molecule has 2 heterocycles. The molecule has 1 unspecified atom stereocenters. The predicted octanol–water partition coefficient (Wildman–Crippen LogP) is 4.25. The maximum Gasteiger partial charge on any atom is 0.268 e. The summed E-state index contributed by atoms with van der Waals surface area (Å²) >= 11 is 12.5. The van der Waals surface area contributed by atoms with Crippen molar-refractivity contribution in [3.05, 3.63) is 74.4 Å². The van der Waals surface area contributed by atoms with E-state index in [1.165, 1.54) is 6.21 Å². The Hall–Kier alpha value is -3.14. The number of rotatable bonds is 5. The van der Waals surface area contributed by atoms with Gasteiger partial charge < -0.3 is 20.2 Å². The van der Waals surface area contributed by atoms with E-state index in [0.29, 0.717) is 51.7 Å². The third-order valence-corrected chi connectivity index (χ3v) is 6.67. The summed E-state index contributed by atoms with van der Waals surface area (Å²) in [6.45, 7) is 0.710. The van der Waals surface area contributed by atoms with Crippen molar-refractivity contribution in [2.45, 2.75) is 18.4 Å². The van der Waals surface area contributed by atoms with E-state index >= 15 is 0 Å². The second-order valence-electron chi connectivity index (χ2n) is 7.72. The summed E-state index contributed by atoms with van der Waals surface area (Å²) in [7, 11) is 1.79. The molecule has 0 saturated carbocycles. The van der Waals surface area contributed by atoms with Crippen LogP contribution in [0.1, 0.15) is 33.6 Å². The molecule has 1 aliphatic heterocycles. The molecule has 162 valence electrons. The molecule has 7 nitrogen and oxygen atoms in total. The van der Waals surface area contributed by atoms with Gasteiger partial charge >= 0.3 is 0 Å². The number of aromatic nitrogens is 1. The third-order valence-electron chi connectivity index (χ3n) is 5.85. The first-order chi connectivity index (χ1) is 15.4. The number of nitrogens with zero attached hydrogens (tertiary/aromatic N) is 4. The van der Waals surface area contributed by atoms with Gasteiger partial charge in [0.15, 0.2) is 0 Å². The predicted molar refractivity (Wildman–Crippen MR) is 122 cm³/mol. The minimum atomic E-state index is -0.844. The second kappa shape index (κ2) is 8.78. The third kappa shape index (κ3) is 3.79. The molecule has 4 rings (SSSR count). The number of fused-ring (bicyclic) bond motifs is 1. The summed E-state index contributed by atoms with van der Waals surface area (Å²) < 4.78 is 7.41. The Morgan fingerprint density at radius 2 is 2.19 bits per heavy atom. The summed E-state index contributed by atoms with van der Waals surface area (Å²) in [6.07, 6.45) is 2.27. The Bertz CT molecular complexity index is 1310. The molecular formula is C23H19Cl2N5O2. The number of hydrogen-bond acceptors (Lipinski definition) is 3. The van der Waals surface area contributed by atoms with Gasteiger partial charge in [0.05, 0.1) is 40.2 Å². The molecule has 0 radical (unpaired) electrons. The van der Waals surface area contributed by atoms with Gasteiger partial charge in [0.25, 0.3) is 12.1 Å². The molecule has 9 heteroatoms. The van der Waals surface area contributed by atoms with Crippen LogP contribution in [0.15, 0.2) is 36.4 Å². The van der Waals surface area contributed by atoms with Crippen LogP contribution in [-0.2, 0) is 23.7 Å². The van der Waals surface area contributed by atoms with Crippen LogP contribution in [0.3, 0.4) is 0 Å². The first-order valence-electron chi connectivity index (χ1n) is 9.93. The Morgan fingerprint density at radius 3 is 2.88 bits per heavy atom. The van der Waals surface area contributed by atoms with Gasteiger partial charge in [-0.15, -0.1) is 0 Å². The van der Waals surface area contributed by atoms with Crippen molar-refractivity contribution < 1.29 is 14.3 Å². The first-order valence-corrected chi connectivity index (χ1v) is 10.7. The highest BCUT2D eigenvalue weighted by atomic mass is 35.5. The second-order valence-corrected chi connectivity index (χ2v) is 8.50. The Balaban J connectivity index is 1.73. The number of carbonyl (C=O) groups excluding carboxylic acids is 1. The normalized spacial score (nSPS) is 17.7. The van der Waals surface area contributed by atoms with Crippen molar-refractivity contribution in [3.8, 4) is 6.07 Å². The molecule has 1 N–H and O–H groups in total. The van der Waals surface area contributed by atoms with E-state index in [1.54, 1.807) is 29.8 Å². The van der Waals surface area contributed by atoms with Crippen LogP contribution in [0.4, 0.5) is 0 Å². The fourth-order valence-corrected chi connectivity index (χ4v) is 4.55. The van der Waals surface area contributed by atoms with E-state index in [9.17, 15) is 10.1 Å². The lowest BCUT2D eigenvalue weighted by Gasteiger charge is -2.30. The molecule has 0 bridgehead atoms. The topological polar surface area (TPSA) is 103 Å². The molecule has 1 saturated heterocycles. The SMILES string of the molecule is Cn1c(C(=O)NC2(c3ccc(CC=[N+]=[N-])cc3C#N)CCOC2)cc2c(Cl)c(Cl)ccc21. The van der Waals surface area contributed by atoms with E-state index in [1.807, 2.05) is 18.2 Å². The van der Waals surface area contributed by atoms with Crippen LogP contribution >= 0.6 is 23.2 Å². The summed E-state index contributed by atoms with van der Waals surface area (Å²) in [5.41, 5.74) is 11.0. The molecule has 32 heavy (non-hydrogen) atoms. The summed E-state index contributed by atoms with van der Waals surface area (Å²) in [4.78, 5) is 16.4. The van der Waals surface area contributed by atoms with Crippen molar-refractivity contribution in [2.75, 3.05) is 13.2 Å². The van der Waals surface area contributed by atoms with Crippen molar-refractivity contribution in [1.82, 2.24) is 9.88 Å². The monoisotopic (exact) mass is 467 g/mol. The van der Waals surface area contributed by atoms with Crippen molar-refractivity contribution in [3.63, 3.8) is 0 Å². The number of amides is 1. The molecular weight excluding hydrogens is 449 g/mol. The van der Waals surface area contributed by atoms with Gasteiger partial charge in [-0.05, 0) is 35.4 Å². The number of benzene rings is 2. The molecule has 1 aromatic heterocycles. The largest absolute Gasteiger partial charge is 0.379 e. The molecule has 1 amide bonds. The molecule has 2 aromatic carbocycles. The standard InChI is InChI=1S/C23H19Cl2N5O2/c1-30-19-5-4-18(24)21(25)16(19)11-20(30)22(31)29-23(7-9-32-13-23)17-3-2-14(6-8-28-27)10-15(17)12-26/h2-5,8,10-11H,6-7,9,13H2,1H3,(H,29,31). The Kier molecular flexibility index (Phi) is 6.05. The zero-order valence-electron chi connectivity index (χ0n) is 17.2. The fourth-order valence-electron chi connectivity index (χ4n) is 4.17. The van der Waals surface area contributed by atoms with Gasteiger partial charge in [-0.2, -0.15) is 10.1 Å². The highest BCUT2D eigenvalue weighted by molar-refractivity contribution is 6.45. The molecule has 1 atom stereocenters. The van der Waals surface area contributed by atoms with Crippen LogP contribution < -0.4 is 5.32 Å². The van der Waals surface area contributed by atoms with Gasteiger partial charge in [-0.25, -0.2) is 0 Å². The van der Waals surface area contributed by atoms with Gasteiger partial charge in [-0.1, -0.05) is 35.3 Å². The number of halogens is 2. The van der Waals surface area contributed by atoms with E-state index in [2.05, 4.69) is 16.2 Å². The molecule has 1 aliphatic rings. The van der Waals surface area contributed by atoms with Gasteiger partial charge in [-0.3, -0.25) is 4.79 Å². The van der Waals surface area contributed by atoms with Gasteiger partial charge in [0, 0.05) is 31.0 Å². The van der Waals surface area contributed by atoms with Crippen LogP contribution in [0.2, 0.25) is 10.0 Å². The molecule has 0 aliphatic carbocycles. The highest BCUT2D eigenvalue weighted by Crippen LogP contribution is 2.35. The quantitative estimate of drug-likeness (QED) is 0.344. The van der Waals surface area contributed by atoms with Gasteiger partial charge in [0.2, 0.25) is 0 Å². The van der Waals surface area contributed by atoms with Crippen LogP contribution in [0, 0.1) is 11.3 Å². The molecule has 0 spiro atoms. The maximum atomic E-state index is 13.4. The fraction of sp³-hybridized carbons (Fsp3) is 0.261. The van der Waals surface area contributed by atoms with Crippen LogP contribution in [0.25, 0.3) is 16.4 Å². The number of aryl methyl sites for hydroxylation is 1. The number of nitrogens with one attached hydrogen (secondary N) is 1. The zero-order valence-corrected chi connectivity index (χ0v) is 18.7. The lowest BCUT2D eigenvalue weighted by Crippen LogP contribution is -2.47. The molecule has 1 fully saturated rings. The van der Waals surface area contributed by atoms with Crippen LogP contribution in [0.5, 0.6) is 0 Å². The first kappa shape index (κ1) is 22.1. The smallest absolute Gasteiger partial charge is 0.268 e. The van der Waals surface area contributed by atoms with Crippen molar-refractivity contribution >= 4 is 46.2 Å². The van der Waals surface area contributed by atoms with E-state index in [0.717, 1.165) is 11.1 Å². The minimum absolute atomic E-state index is 0.251. The average Bonchev–Trinajstić information content (AvgIpc) is 3.40. The number of carbonyl (C=O) groups is 1. The minimum Gasteiger partial charge on any atom is -0.379 e. The van der Waals surface area contributed by atoms with Crippen molar-refractivity contribution in [2.24, 2.45) is 7.05 Å². The Morgan fingerprint density at radius 1 is 1.38 bits per heavy atom. The molecule has 3 aromatic rings. The maximum absolute atomic E-state index is 13.4. The van der Waals surface area contributed by atoms with Crippen molar-refractivity contribution in [1.29, 1.82) is 5.26 Å². The summed E-state index contributed by atoms with van der Waals surface area (Å²) in [6, 6.07) is 12.9. The van der Waals surface area contributed by atoms with E-state index in [4.69, 9.17) is 33.5 Å². The number of nitriles is 1. The van der Waals surface area contributed by atoms with Crippen LogP contribution in [-0.4, -0.2) is 34.7 Å². The lowest BCUT2D eigenvalue weighted by molar-refractivity contribution is 0.00157. The van der Waals surface area contributed by atoms with E-state index < -0.39 is 5.54 Å². The number of hydrogen-bond donors (Lipinski definition) is 1. The number of ether oxygens (including phenoxy) is 1. The Labute approximate surface area is 194 Å². The summed E-state index contributed by atoms with van der Waals surface area (Å²) in [5.74, 6) is -0.304. The van der Waals surface area contributed by atoms with E-state index in [-0.39, 0.29) is 12.5 Å². The highest BCUT2D eigenvalue weighted by Gasteiger charge is 2.40. The van der Waals surface area contributed by atoms with Gasteiger partial charge in [0.1, 0.15) is 5.69 Å². The zero-order chi connectivity index (χ0) is 22.9. The average molecular weight is 468 g/mol. The summed E-state index contributed by atoms with van der Waals surface area (Å²) in [5, 5.41) is 14.4.